The van der Waals surface area contributed by atoms with Crippen molar-refractivity contribution in [2.75, 3.05) is 5.75 Å². The quantitative estimate of drug-likeness (QED) is 0.866. The fourth-order valence-electron chi connectivity index (χ4n) is 0.963. The molecule has 1 heterocycles. The summed E-state index contributed by atoms with van der Waals surface area (Å²) in [6.07, 6.45) is 0. The van der Waals surface area contributed by atoms with Crippen molar-refractivity contribution < 1.29 is 9.90 Å². The highest BCUT2D eigenvalue weighted by atomic mass is 32.2. The summed E-state index contributed by atoms with van der Waals surface area (Å²) in [5.41, 5.74) is -0.224. The van der Waals surface area contributed by atoms with E-state index in [0.717, 1.165) is 16.5 Å². The van der Waals surface area contributed by atoms with Crippen LogP contribution in [0, 0.1) is 0 Å². The van der Waals surface area contributed by atoms with Gasteiger partial charge < -0.3 is 5.11 Å². The molecule has 0 aliphatic rings. The summed E-state index contributed by atoms with van der Waals surface area (Å²) in [4.78, 5) is 15.4. The molecule has 0 amide bonds. The van der Waals surface area contributed by atoms with Crippen molar-refractivity contribution in [3.8, 4) is 0 Å². The van der Waals surface area contributed by atoms with Gasteiger partial charge in [-0.15, -0.1) is 11.3 Å². The maximum atomic E-state index is 11.0. The van der Waals surface area contributed by atoms with Gasteiger partial charge in [0, 0.05) is 11.1 Å². The Kier molecular flexibility index (Phi) is 4.16. The monoisotopic (exact) mass is 245 g/mol. The standard InChI is InChI=1S/C10H15NO2S2/c1-4-14-6-8-11-7(5-15-8)10(2,3)9(12)13/h5H,4,6H2,1-3H3,(H,12,13). The number of hydrogen-bond acceptors (Lipinski definition) is 4. The average molecular weight is 245 g/mol. The highest BCUT2D eigenvalue weighted by Crippen LogP contribution is 2.26. The van der Waals surface area contributed by atoms with Crippen LogP contribution in [0.3, 0.4) is 0 Å². The van der Waals surface area contributed by atoms with E-state index in [1.165, 1.54) is 11.3 Å². The first-order valence-electron chi connectivity index (χ1n) is 4.74. The molecule has 1 N–H and O–H groups in total. The lowest BCUT2D eigenvalue weighted by Gasteiger charge is -2.15. The Morgan fingerprint density at radius 1 is 1.67 bits per heavy atom. The van der Waals surface area contributed by atoms with Crippen molar-refractivity contribution in [1.82, 2.24) is 4.98 Å². The molecule has 1 aromatic heterocycles. The van der Waals surface area contributed by atoms with Gasteiger partial charge >= 0.3 is 5.97 Å². The molecule has 5 heteroatoms. The fraction of sp³-hybridized carbons (Fsp3) is 0.600. The maximum Gasteiger partial charge on any atom is 0.315 e. The molecule has 0 spiro atoms. The van der Waals surface area contributed by atoms with Crippen molar-refractivity contribution in [3.05, 3.63) is 16.1 Å². The second-order valence-corrected chi connectivity index (χ2v) is 5.91. The number of hydrogen-bond donors (Lipinski definition) is 1. The predicted molar refractivity (Wildman–Crippen MR) is 64.6 cm³/mol. The minimum atomic E-state index is -0.883. The largest absolute Gasteiger partial charge is 0.481 e. The van der Waals surface area contributed by atoms with Gasteiger partial charge in [0.05, 0.1) is 5.69 Å². The normalized spacial score (nSPS) is 11.7. The highest BCUT2D eigenvalue weighted by Gasteiger charge is 2.31. The molecule has 0 aromatic carbocycles. The number of carboxylic acids is 1. The molecule has 0 atom stereocenters. The molecular formula is C10H15NO2S2. The molecule has 0 unspecified atom stereocenters. The summed E-state index contributed by atoms with van der Waals surface area (Å²) >= 11 is 3.33. The summed E-state index contributed by atoms with van der Waals surface area (Å²) < 4.78 is 0. The molecule has 0 radical (unpaired) electrons. The Hall–Kier alpha value is -0.550. The highest BCUT2D eigenvalue weighted by molar-refractivity contribution is 7.98. The van der Waals surface area contributed by atoms with Crippen LogP contribution in [0.5, 0.6) is 0 Å². The van der Waals surface area contributed by atoms with Crippen molar-refractivity contribution in [2.45, 2.75) is 31.9 Å². The number of thioether (sulfide) groups is 1. The molecule has 1 rings (SSSR count). The lowest BCUT2D eigenvalue weighted by atomic mass is 9.90. The molecule has 0 saturated carbocycles. The lowest BCUT2D eigenvalue weighted by molar-refractivity contribution is -0.142. The van der Waals surface area contributed by atoms with Crippen molar-refractivity contribution in [2.24, 2.45) is 0 Å². The van der Waals surface area contributed by atoms with Crippen LogP contribution in [0.25, 0.3) is 0 Å². The Morgan fingerprint density at radius 2 is 2.33 bits per heavy atom. The van der Waals surface area contributed by atoms with Crippen molar-refractivity contribution >= 4 is 29.1 Å². The van der Waals surface area contributed by atoms with E-state index in [1.807, 2.05) is 5.38 Å². The first kappa shape index (κ1) is 12.5. The number of aromatic nitrogens is 1. The molecule has 0 fully saturated rings. The zero-order valence-corrected chi connectivity index (χ0v) is 10.7. The van der Waals surface area contributed by atoms with E-state index in [9.17, 15) is 4.79 Å². The third kappa shape index (κ3) is 2.95. The SMILES string of the molecule is CCSCc1nc(C(C)(C)C(=O)O)cs1. The van der Waals surface area contributed by atoms with E-state index in [0.29, 0.717) is 5.69 Å². The molecule has 1 aromatic rings. The van der Waals surface area contributed by atoms with Crippen LogP contribution >= 0.6 is 23.1 Å². The van der Waals surface area contributed by atoms with E-state index in [-0.39, 0.29) is 0 Å². The van der Waals surface area contributed by atoms with Gasteiger partial charge in [-0.25, -0.2) is 4.98 Å². The van der Waals surface area contributed by atoms with Gasteiger partial charge in [-0.2, -0.15) is 11.8 Å². The van der Waals surface area contributed by atoms with E-state index in [1.54, 1.807) is 25.6 Å². The minimum absolute atomic E-state index is 0.659. The maximum absolute atomic E-state index is 11.0. The van der Waals surface area contributed by atoms with Gasteiger partial charge in [0.15, 0.2) is 0 Å². The fourth-order valence-corrected chi connectivity index (χ4v) is 2.67. The van der Waals surface area contributed by atoms with E-state index >= 15 is 0 Å². The molecule has 84 valence electrons. The molecular weight excluding hydrogens is 230 g/mol. The minimum Gasteiger partial charge on any atom is -0.481 e. The van der Waals surface area contributed by atoms with Crippen LogP contribution < -0.4 is 0 Å². The average Bonchev–Trinajstić information content (AvgIpc) is 2.63. The second kappa shape index (κ2) is 4.99. The zero-order chi connectivity index (χ0) is 11.5. The summed E-state index contributed by atoms with van der Waals surface area (Å²) in [5, 5.41) is 11.9. The topological polar surface area (TPSA) is 50.2 Å². The number of aliphatic carboxylic acids is 1. The van der Waals surface area contributed by atoms with Crippen LogP contribution in [0.4, 0.5) is 0 Å². The third-order valence-corrected chi connectivity index (χ3v) is 4.07. The second-order valence-electron chi connectivity index (χ2n) is 3.69. The predicted octanol–water partition coefficient (Wildman–Crippen LogP) is 2.76. The first-order valence-corrected chi connectivity index (χ1v) is 6.78. The van der Waals surface area contributed by atoms with Crippen LogP contribution in [0.2, 0.25) is 0 Å². The Bertz CT molecular complexity index is 347. The van der Waals surface area contributed by atoms with Crippen LogP contribution in [-0.4, -0.2) is 21.8 Å². The number of thiazole rings is 1. The van der Waals surface area contributed by atoms with Crippen LogP contribution in [0.15, 0.2) is 5.38 Å². The van der Waals surface area contributed by atoms with Gasteiger partial charge in [0.1, 0.15) is 10.4 Å². The summed E-state index contributed by atoms with van der Waals surface area (Å²) in [6, 6.07) is 0. The zero-order valence-electron chi connectivity index (χ0n) is 9.11. The Balaban J connectivity index is 2.79. The smallest absolute Gasteiger partial charge is 0.315 e. The summed E-state index contributed by atoms with van der Waals surface area (Å²) in [6.45, 7) is 5.46. The number of carbonyl (C=O) groups is 1. The summed E-state index contributed by atoms with van der Waals surface area (Å²) in [7, 11) is 0. The number of carboxylic acid groups (broad SMARTS) is 1. The Labute approximate surface area is 97.9 Å². The van der Waals surface area contributed by atoms with Gasteiger partial charge in [0.2, 0.25) is 0 Å². The lowest BCUT2D eigenvalue weighted by Crippen LogP contribution is -2.28. The van der Waals surface area contributed by atoms with E-state index < -0.39 is 11.4 Å². The first-order chi connectivity index (χ1) is 6.98. The van der Waals surface area contributed by atoms with Crippen LogP contribution in [0.1, 0.15) is 31.5 Å². The van der Waals surface area contributed by atoms with Gasteiger partial charge in [0.25, 0.3) is 0 Å². The van der Waals surface area contributed by atoms with Crippen LogP contribution in [-0.2, 0) is 16.0 Å². The molecule has 0 aliphatic carbocycles. The summed E-state index contributed by atoms with van der Waals surface area (Å²) in [5.74, 6) is 1.09. The molecule has 0 bridgehead atoms. The van der Waals surface area contributed by atoms with E-state index in [4.69, 9.17) is 5.11 Å². The van der Waals surface area contributed by atoms with Gasteiger partial charge in [-0.1, -0.05) is 6.92 Å². The molecule has 3 nitrogen and oxygen atoms in total. The number of rotatable bonds is 5. The molecule has 15 heavy (non-hydrogen) atoms. The van der Waals surface area contributed by atoms with Crippen molar-refractivity contribution in [3.63, 3.8) is 0 Å². The third-order valence-electron chi connectivity index (χ3n) is 2.16. The molecule has 0 saturated heterocycles. The number of nitrogens with zero attached hydrogens (tertiary/aromatic N) is 1. The molecule has 0 aliphatic heterocycles. The van der Waals surface area contributed by atoms with Crippen molar-refractivity contribution in [1.29, 1.82) is 0 Å². The van der Waals surface area contributed by atoms with Gasteiger partial charge in [-0.05, 0) is 19.6 Å². The van der Waals surface area contributed by atoms with E-state index in [2.05, 4.69) is 11.9 Å². The Morgan fingerprint density at radius 3 is 2.87 bits per heavy atom. The van der Waals surface area contributed by atoms with Gasteiger partial charge in [-0.3, -0.25) is 4.79 Å².